The Kier molecular flexibility index (Phi) is 3.05. The van der Waals surface area contributed by atoms with Crippen LogP contribution >= 0.6 is 0 Å². The molecule has 1 rings (SSSR count). The van der Waals surface area contributed by atoms with E-state index in [0.29, 0.717) is 6.42 Å². The molecule has 0 aromatic heterocycles. The highest BCUT2D eigenvalue weighted by Gasteiger charge is 2.39. The van der Waals surface area contributed by atoms with Crippen LogP contribution in [0.25, 0.3) is 0 Å². The second kappa shape index (κ2) is 3.87. The molecule has 0 amide bonds. The van der Waals surface area contributed by atoms with Gasteiger partial charge in [-0.25, -0.2) is 0 Å². The molecule has 0 unspecified atom stereocenters. The van der Waals surface area contributed by atoms with Crippen molar-refractivity contribution in [3.05, 3.63) is 0 Å². The standard InChI is InChI=1S/C8H14O4/c1-5(11-6(2)10)3-7-8(4-9)12-7/h5,7-9H,3-4H2,1-2H3/t5-,7+,8+/m1/s1. The van der Waals surface area contributed by atoms with Gasteiger partial charge >= 0.3 is 5.97 Å². The first-order valence-corrected chi connectivity index (χ1v) is 4.07. The second-order valence-electron chi connectivity index (χ2n) is 3.05. The average molecular weight is 174 g/mol. The zero-order valence-corrected chi connectivity index (χ0v) is 7.32. The second-order valence-corrected chi connectivity index (χ2v) is 3.05. The predicted molar refractivity (Wildman–Crippen MR) is 41.6 cm³/mol. The fraction of sp³-hybridized carbons (Fsp3) is 0.875. The van der Waals surface area contributed by atoms with Crippen LogP contribution in [0.4, 0.5) is 0 Å². The summed E-state index contributed by atoms with van der Waals surface area (Å²) in [7, 11) is 0. The Labute approximate surface area is 71.5 Å². The Balaban J connectivity index is 2.11. The molecule has 70 valence electrons. The molecular weight excluding hydrogens is 160 g/mol. The zero-order chi connectivity index (χ0) is 9.14. The molecule has 0 saturated carbocycles. The SMILES string of the molecule is CC(=O)O[C@H](C)C[C@@H]1O[C@H]1CO. The van der Waals surface area contributed by atoms with Crippen molar-refractivity contribution in [2.24, 2.45) is 0 Å². The van der Waals surface area contributed by atoms with E-state index >= 15 is 0 Å². The lowest BCUT2D eigenvalue weighted by atomic mass is 10.2. The van der Waals surface area contributed by atoms with Gasteiger partial charge in [-0.15, -0.1) is 0 Å². The first-order chi connectivity index (χ1) is 5.63. The molecule has 4 nitrogen and oxygen atoms in total. The van der Waals surface area contributed by atoms with Gasteiger partial charge in [0.15, 0.2) is 0 Å². The van der Waals surface area contributed by atoms with E-state index in [0.717, 1.165) is 0 Å². The van der Waals surface area contributed by atoms with Crippen LogP contribution < -0.4 is 0 Å². The molecule has 0 spiro atoms. The number of carbonyl (C=O) groups excluding carboxylic acids is 1. The molecule has 0 aromatic carbocycles. The molecule has 0 aromatic rings. The molecule has 3 atom stereocenters. The molecule has 0 radical (unpaired) electrons. The number of ether oxygens (including phenoxy) is 2. The summed E-state index contributed by atoms with van der Waals surface area (Å²) in [6.45, 7) is 3.25. The van der Waals surface area contributed by atoms with Crippen molar-refractivity contribution >= 4 is 5.97 Å². The van der Waals surface area contributed by atoms with Crippen molar-refractivity contribution < 1.29 is 19.4 Å². The highest BCUT2D eigenvalue weighted by atomic mass is 16.6. The van der Waals surface area contributed by atoms with Crippen molar-refractivity contribution in [3.8, 4) is 0 Å². The van der Waals surface area contributed by atoms with E-state index in [1.54, 1.807) is 0 Å². The van der Waals surface area contributed by atoms with Crippen LogP contribution in [-0.2, 0) is 14.3 Å². The van der Waals surface area contributed by atoms with Crippen molar-refractivity contribution in [3.63, 3.8) is 0 Å². The molecule has 0 bridgehead atoms. The number of carbonyl (C=O) groups is 1. The van der Waals surface area contributed by atoms with Gasteiger partial charge in [0.25, 0.3) is 0 Å². The molecule has 1 heterocycles. The van der Waals surface area contributed by atoms with Crippen LogP contribution in [0.5, 0.6) is 0 Å². The quantitative estimate of drug-likeness (QED) is 0.484. The van der Waals surface area contributed by atoms with E-state index < -0.39 is 0 Å². The van der Waals surface area contributed by atoms with Crippen molar-refractivity contribution in [2.75, 3.05) is 6.61 Å². The first-order valence-electron chi connectivity index (χ1n) is 4.07. The fourth-order valence-electron chi connectivity index (χ4n) is 1.21. The van der Waals surface area contributed by atoms with E-state index in [2.05, 4.69) is 0 Å². The van der Waals surface area contributed by atoms with Gasteiger partial charge in [0.1, 0.15) is 12.2 Å². The van der Waals surface area contributed by atoms with Crippen LogP contribution in [0, 0.1) is 0 Å². The minimum Gasteiger partial charge on any atom is -0.463 e. The van der Waals surface area contributed by atoms with Crippen LogP contribution in [0.3, 0.4) is 0 Å². The number of aliphatic hydroxyl groups is 1. The van der Waals surface area contributed by atoms with Crippen molar-refractivity contribution in [2.45, 2.75) is 38.6 Å². The van der Waals surface area contributed by atoms with Gasteiger partial charge in [-0.2, -0.15) is 0 Å². The summed E-state index contributed by atoms with van der Waals surface area (Å²) >= 11 is 0. The van der Waals surface area contributed by atoms with Gasteiger partial charge in [-0.1, -0.05) is 0 Å². The molecule has 1 aliphatic heterocycles. The minimum atomic E-state index is -0.274. The van der Waals surface area contributed by atoms with Gasteiger partial charge < -0.3 is 14.6 Å². The zero-order valence-electron chi connectivity index (χ0n) is 7.32. The number of hydrogen-bond donors (Lipinski definition) is 1. The third kappa shape index (κ3) is 2.79. The normalized spacial score (nSPS) is 29.6. The topological polar surface area (TPSA) is 59.1 Å². The van der Waals surface area contributed by atoms with E-state index in [9.17, 15) is 4.79 Å². The summed E-state index contributed by atoms with van der Waals surface area (Å²) in [6, 6.07) is 0. The van der Waals surface area contributed by atoms with Gasteiger partial charge in [-0.05, 0) is 6.92 Å². The summed E-state index contributed by atoms with van der Waals surface area (Å²) in [6.07, 6.45) is 0.585. The molecule has 1 fully saturated rings. The smallest absolute Gasteiger partial charge is 0.302 e. The van der Waals surface area contributed by atoms with E-state index in [-0.39, 0.29) is 30.9 Å². The van der Waals surface area contributed by atoms with Crippen LogP contribution in [0.1, 0.15) is 20.3 Å². The van der Waals surface area contributed by atoms with E-state index in [4.69, 9.17) is 14.6 Å². The van der Waals surface area contributed by atoms with E-state index in [1.807, 2.05) is 6.92 Å². The summed E-state index contributed by atoms with van der Waals surface area (Å²) in [5, 5.41) is 8.64. The highest BCUT2D eigenvalue weighted by molar-refractivity contribution is 5.66. The number of hydrogen-bond acceptors (Lipinski definition) is 4. The summed E-state index contributed by atoms with van der Waals surface area (Å²) in [4.78, 5) is 10.5. The molecule has 1 saturated heterocycles. The Morgan fingerprint density at radius 2 is 2.33 bits per heavy atom. The average Bonchev–Trinajstić information content (AvgIpc) is 2.65. The van der Waals surface area contributed by atoms with Crippen LogP contribution in [0.2, 0.25) is 0 Å². The van der Waals surface area contributed by atoms with Gasteiger partial charge in [0, 0.05) is 13.3 Å². The Morgan fingerprint density at radius 3 is 2.75 bits per heavy atom. The third-order valence-corrected chi connectivity index (χ3v) is 1.80. The van der Waals surface area contributed by atoms with Gasteiger partial charge in [0.05, 0.1) is 12.7 Å². The maximum atomic E-state index is 10.5. The fourth-order valence-corrected chi connectivity index (χ4v) is 1.21. The largest absolute Gasteiger partial charge is 0.463 e. The molecule has 12 heavy (non-hydrogen) atoms. The number of epoxide rings is 1. The third-order valence-electron chi connectivity index (χ3n) is 1.80. The maximum Gasteiger partial charge on any atom is 0.302 e. The Bertz CT molecular complexity index is 168. The van der Waals surface area contributed by atoms with Gasteiger partial charge in [-0.3, -0.25) is 4.79 Å². The highest BCUT2D eigenvalue weighted by Crippen LogP contribution is 2.26. The minimum absolute atomic E-state index is 0.0389. The van der Waals surface area contributed by atoms with Crippen molar-refractivity contribution in [1.29, 1.82) is 0 Å². The first kappa shape index (κ1) is 9.48. The molecular formula is C8H14O4. The van der Waals surface area contributed by atoms with Crippen LogP contribution in [0.15, 0.2) is 0 Å². The van der Waals surface area contributed by atoms with E-state index in [1.165, 1.54) is 6.92 Å². The Hall–Kier alpha value is -0.610. The molecule has 4 heteroatoms. The maximum absolute atomic E-state index is 10.5. The van der Waals surface area contributed by atoms with Gasteiger partial charge in [0.2, 0.25) is 0 Å². The molecule has 0 aliphatic carbocycles. The summed E-state index contributed by atoms with van der Waals surface area (Å²) < 4.78 is 9.97. The monoisotopic (exact) mass is 174 g/mol. The molecule has 1 aliphatic rings. The lowest BCUT2D eigenvalue weighted by Gasteiger charge is -2.09. The van der Waals surface area contributed by atoms with Crippen LogP contribution in [-0.4, -0.2) is 36.0 Å². The lowest BCUT2D eigenvalue weighted by molar-refractivity contribution is -0.145. The summed E-state index contributed by atoms with van der Waals surface area (Å²) in [5.41, 5.74) is 0. The predicted octanol–water partition coefficient (Wildman–Crippen LogP) is 0.0878. The number of aliphatic hydroxyl groups excluding tert-OH is 1. The number of rotatable bonds is 4. The lowest BCUT2D eigenvalue weighted by Crippen LogP contribution is -2.15. The van der Waals surface area contributed by atoms with Crippen molar-refractivity contribution in [1.82, 2.24) is 0 Å². The summed E-state index contributed by atoms with van der Waals surface area (Å²) in [5.74, 6) is -0.274. The number of esters is 1. The Morgan fingerprint density at radius 1 is 1.67 bits per heavy atom. The molecule has 1 N–H and O–H groups in total.